The summed E-state index contributed by atoms with van der Waals surface area (Å²) < 4.78 is 0. The number of nitrogens with one attached hydrogen (secondary N) is 2. The predicted molar refractivity (Wildman–Crippen MR) is 131 cm³/mol. The minimum absolute atomic E-state index is 0.884. The fourth-order valence-electron chi connectivity index (χ4n) is 3.91. The van der Waals surface area contributed by atoms with Gasteiger partial charge in [-0.15, -0.1) is 0 Å². The van der Waals surface area contributed by atoms with E-state index in [9.17, 15) is 0 Å². The Morgan fingerprint density at radius 1 is 1.03 bits per heavy atom. The minimum Gasteiger partial charge on any atom is -0.370 e. The normalized spacial score (nSPS) is 15.9. The van der Waals surface area contributed by atoms with Gasteiger partial charge in [0.05, 0.1) is 0 Å². The molecular weight excluding hydrogens is 372 g/mol. The number of anilines is 1. The second-order valence-electron chi connectivity index (χ2n) is 8.09. The average molecular weight is 417 g/mol. The highest BCUT2D eigenvalue weighted by molar-refractivity contribution is 5.79. The molecule has 1 fully saturated rings. The topological polar surface area (TPSA) is 46.1 Å². The maximum Gasteiger partial charge on any atom is 0.191 e. The number of hydrogen-bond donors (Lipinski definition) is 2. The first-order valence-electron chi connectivity index (χ1n) is 11.9. The molecule has 0 aromatic heterocycles. The van der Waals surface area contributed by atoms with Crippen LogP contribution in [0, 0.1) is 6.92 Å². The standard InChI is InChI=1S/C24H44N6/c1-5-25-24(26-13-8-9-15-29-19-17-28(6-2)18-20-29)27-14-16-30(7-3)23-12-10-11-22(4)21-23/h10-12,21H,5-9,13-20H2,1-4H3,(H2,25,26,27). The van der Waals surface area contributed by atoms with Gasteiger partial charge in [0, 0.05) is 64.6 Å². The van der Waals surface area contributed by atoms with Crippen LogP contribution in [0.4, 0.5) is 5.69 Å². The Morgan fingerprint density at radius 3 is 2.47 bits per heavy atom. The van der Waals surface area contributed by atoms with Gasteiger partial charge in [-0.25, -0.2) is 0 Å². The van der Waals surface area contributed by atoms with E-state index in [1.807, 2.05) is 0 Å². The fraction of sp³-hybridized carbons (Fsp3) is 0.708. The lowest BCUT2D eigenvalue weighted by Gasteiger charge is -2.33. The molecule has 6 nitrogen and oxygen atoms in total. The number of aliphatic imine (C=N–C) groups is 1. The third-order valence-electron chi connectivity index (χ3n) is 5.83. The molecule has 1 aromatic rings. The van der Waals surface area contributed by atoms with Crippen LogP contribution in [0.3, 0.4) is 0 Å². The molecule has 2 N–H and O–H groups in total. The van der Waals surface area contributed by atoms with Gasteiger partial charge in [0.1, 0.15) is 0 Å². The SMILES string of the molecule is CCNC(=NCCCCN1CCN(CC)CC1)NCCN(CC)c1cccc(C)c1. The smallest absolute Gasteiger partial charge is 0.191 e. The molecule has 30 heavy (non-hydrogen) atoms. The Labute approximate surface area is 184 Å². The van der Waals surface area contributed by atoms with Crippen molar-refractivity contribution in [1.82, 2.24) is 20.4 Å². The minimum atomic E-state index is 0.884. The van der Waals surface area contributed by atoms with E-state index >= 15 is 0 Å². The van der Waals surface area contributed by atoms with Crippen molar-refractivity contribution < 1.29 is 0 Å². The molecule has 6 heteroatoms. The van der Waals surface area contributed by atoms with Crippen molar-refractivity contribution in [2.75, 3.05) is 76.9 Å². The van der Waals surface area contributed by atoms with Crippen LogP contribution in [0.25, 0.3) is 0 Å². The van der Waals surface area contributed by atoms with Gasteiger partial charge in [-0.1, -0.05) is 19.1 Å². The predicted octanol–water partition coefficient (Wildman–Crippen LogP) is 2.79. The van der Waals surface area contributed by atoms with Gasteiger partial charge in [-0.05, 0) is 64.4 Å². The molecule has 1 heterocycles. The van der Waals surface area contributed by atoms with E-state index < -0.39 is 0 Å². The maximum atomic E-state index is 4.78. The lowest BCUT2D eigenvalue weighted by Crippen LogP contribution is -2.46. The summed E-state index contributed by atoms with van der Waals surface area (Å²) in [6, 6.07) is 8.73. The van der Waals surface area contributed by atoms with Gasteiger partial charge in [-0.2, -0.15) is 0 Å². The van der Waals surface area contributed by atoms with Gasteiger partial charge in [0.2, 0.25) is 0 Å². The van der Waals surface area contributed by atoms with E-state index in [-0.39, 0.29) is 0 Å². The van der Waals surface area contributed by atoms with Gasteiger partial charge in [0.25, 0.3) is 0 Å². The van der Waals surface area contributed by atoms with E-state index in [0.29, 0.717) is 0 Å². The van der Waals surface area contributed by atoms with E-state index in [4.69, 9.17) is 4.99 Å². The highest BCUT2D eigenvalue weighted by Crippen LogP contribution is 2.14. The summed E-state index contributed by atoms with van der Waals surface area (Å²) in [5.41, 5.74) is 2.60. The molecule has 1 aliphatic rings. The van der Waals surface area contributed by atoms with Gasteiger partial charge in [-0.3, -0.25) is 4.99 Å². The summed E-state index contributed by atoms with van der Waals surface area (Å²) >= 11 is 0. The Balaban J connectivity index is 1.67. The van der Waals surface area contributed by atoms with Gasteiger partial charge >= 0.3 is 0 Å². The quantitative estimate of drug-likeness (QED) is 0.312. The molecule has 0 spiro atoms. The fourth-order valence-corrected chi connectivity index (χ4v) is 3.91. The summed E-state index contributed by atoms with van der Waals surface area (Å²) in [5.74, 6) is 0.939. The first-order chi connectivity index (χ1) is 14.7. The van der Waals surface area contributed by atoms with Crippen LogP contribution in [0.2, 0.25) is 0 Å². The van der Waals surface area contributed by atoms with Crippen LogP contribution < -0.4 is 15.5 Å². The zero-order valence-electron chi connectivity index (χ0n) is 19.8. The summed E-state index contributed by atoms with van der Waals surface area (Å²) in [7, 11) is 0. The molecule has 0 amide bonds. The van der Waals surface area contributed by atoms with Crippen molar-refractivity contribution in [2.45, 2.75) is 40.5 Å². The number of guanidine groups is 1. The lowest BCUT2D eigenvalue weighted by molar-refractivity contribution is 0.136. The van der Waals surface area contributed by atoms with Crippen molar-refractivity contribution >= 4 is 11.6 Å². The van der Waals surface area contributed by atoms with Crippen LogP contribution in [0.15, 0.2) is 29.3 Å². The molecule has 0 bridgehead atoms. The number of benzene rings is 1. The number of hydrogen-bond acceptors (Lipinski definition) is 4. The molecule has 0 aliphatic carbocycles. The molecule has 0 radical (unpaired) electrons. The summed E-state index contributed by atoms with van der Waals surface area (Å²) in [5, 5.41) is 6.88. The van der Waals surface area contributed by atoms with Crippen LogP contribution >= 0.6 is 0 Å². The van der Waals surface area contributed by atoms with Crippen molar-refractivity contribution in [1.29, 1.82) is 0 Å². The molecular formula is C24H44N6. The van der Waals surface area contributed by atoms with Crippen LogP contribution in [-0.2, 0) is 0 Å². The third kappa shape index (κ3) is 8.92. The number of rotatable bonds is 12. The van der Waals surface area contributed by atoms with Crippen molar-refractivity contribution in [3.05, 3.63) is 29.8 Å². The molecule has 2 rings (SSSR count). The first kappa shape index (κ1) is 24.5. The highest BCUT2D eigenvalue weighted by Gasteiger charge is 2.14. The van der Waals surface area contributed by atoms with E-state index in [1.165, 1.54) is 56.9 Å². The Bertz CT molecular complexity index is 609. The molecule has 1 aliphatic heterocycles. The number of aryl methyl sites for hydroxylation is 1. The molecule has 1 saturated heterocycles. The lowest BCUT2D eigenvalue weighted by atomic mass is 10.2. The zero-order valence-corrected chi connectivity index (χ0v) is 19.8. The summed E-state index contributed by atoms with van der Waals surface area (Å²) in [6.45, 7) is 20.7. The summed E-state index contributed by atoms with van der Waals surface area (Å²) in [4.78, 5) is 12.3. The van der Waals surface area contributed by atoms with Crippen LogP contribution in [0.1, 0.15) is 39.2 Å². The van der Waals surface area contributed by atoms with Gasteiger partial charge in [0.15, 0.2) is 5.96 Å². The van der Waals surface area contributed by atoms with Crippen LogP contribution in [0.5, 0.6) is 0 Å². The van der Waals surface area contributed by atoms with Crippen molar-refractivity contribution in [2.24, 2.45) is 4.99 Å². The Kier molecular flexibility index (Phi) is 11.6. The first-order valence-corrected chi connectivity index (χ1v) is 11.9. The van der Waals surface area contributed by atoms with Crippen molar-refractivity contribution in [3.8, 4) is 0 Å². The van der Waals surface area contributed by atoms with E-state index in [1.54, 1.807) is 0 Å². The molecule has 1 aromatic carbocycles. The van der Waals surface area contributed by atoms with E-state index in [0.717, 1.165) is 45.1 Å². The second-order valence-corrected chi connectivity index (χ2v) is 8.09. The second kappa shape index (κ2) is 14.3. The van der Waals surface area contributed by atoms with Crippen molar-refractivity contribution in [3.63, 3.8) is 0 Å². The number of piperazine rings is 1. The molecule has 0 unspecified atom stereocenters. The average Bonchev–Trinajstić information content (AvgIpc) is 2.76. The van der Waals surface area contributed by atoms with E-state index in [2.05, 4.69) is 77.3 Å². The Morgan fingerprint density at radius 2 is 1.80 bits per heavy atom. The van der Waals surface area contributed by atoms with Crippen LogP contribution in [-0.4, -0.2) is 87.8 Å². The number of unbranched alkanes of at least 4 members (excludes halogenated alkanes) is 1. The monoisotopic (exact) mass is 416 g/mol. The number of likely N-dealkylation sites (N-methyl/N-ethyl adjacent to an activating group) is 2. The highest BCUT2D eigenvalue weighted by atomic mass is 15.3. The number of nitrogens with zero attached hydrogens (tertiary/aromatic N) is 4. The Hall–Kier alpha value is -1.79. The third-order valence-corrected chi connectivity index (χ3v) is 5.83. The molecule has 0 atom stereocenters. The summed E-state index contributed by atoms with van der Waals surface area (Å²) in [6.07, 6.45) is 2.38. The largest absolute Gasteiger partial charge is 0.370 e. The molecule has 0 saturated carbocycles. The zero-order chi connectivity index (χ0) is 21.6. The molecule has 170 valence electrons. The maximum absolute atomic E-state index is 4.78. The van der Waals surface area contributed by atoms with Gasteiger partial charge < -0.3 is 25.3 Å².